The minimum absolute atomic E-state index is 0.139. The number of hydrogen-bond acceptors (Lipinski definition) is 3. The summed E-state index contributed by atoms with van der Waals surface area (Å²) >= 11 is 3.27. The number of sulfonamides is 1. The van der Waals surface area contributed by atoms with Crippen molar-refractivity contribution in [2.24, 2.45) is 0 Å². The van der Waals surface area contributed by atoms with Crippen LogP contribution in [0.2, 0.25) is 0 Å². The fraction of sp³-hybridized carbons (Fsp3) is 0.188. The maximum Gasteiger partial charge on any atom is 0.247 e. The second kappa shape index (κ2) is 7.49. The average Bonchev–Trinajstić information content (AvgIpc) is 2.51. The van der Waals surface area contributed by atoms with Crippen molar-refractivity contribution in [2.45, 2.75) is 13.0 Å². The Hall–Kier alpha value is -2.00. The molecule has 134 valence electrons. The van der Waals surface area contributed by atoms with Gasteiger partial charge in [-0.15, -0.1) is 0 Å². The first kappa shape index (κ1) is 19.3. The van der Waals surface area contributed by atoms with Gasteiger partial charge in [0.25, 0.3) is 0 Å². The summed E-state index contributed by atoms with van der Waals surface area (Å²) in [6, 6.07) is 8.16. The number of amides is 1. The lowest BCUT2D eigenvalue weighted by atomic mass is 10.2. The van der Waals surface area contributed by atoms with Crippen LogP contribution in [-0.4, -0.2) is 26.6 Å². The molecule has 2 aromatic rings. The van der Waals surface area contributed by atoms with Crippen molar-refractivity contribution in [1.82, 2.24) is 0 Å². The maximum atomic E-state index is 13.5. The van der Waals surface area contributed by atoms with Gasteiger partial charge in [0.05, 0.1) is 11.9 Å². The molecule has 2 aromatic carbocycles. The Morgan fingerprint density at radius 1 is 1.12 bits per heavy atom. The van der Waals surface area contributed by atoms with Gasteiger partial charge in [0, 0.05) is 16.2 Å². The van der Waals surface area contributed by atoms with Crippen molar-refractivity contribution in [3.05, 3.63) is 58.6 Å². The molecule has 2 rings (SSSR count). The van der Waals surface area contributed by atoms with Gasteiger partial charge in [-0.05, 0) is 43.3 Å². The van der Waals surface area contributed by atoms with Crippen LogP contribution in [0.5, 0.6) is 0 Å². The second-order valence-electron chi connectivity index (χ2n) is 5.33. The van der Waals surface area contributed by atoms with Crippen molar-refractivity contribution in [3.8, 4) is 0 Å². The molecule has 1 unspecified atom stereocenters. The lowest BCUT2D eigenvalue weighted by Crippen LogP contribution is -2.45. The van der Waals surface area contributed by atoms with Gasteiger partial charge in [-0.25, -0.2) is 17.2 Å². The number of rotatable bonds is 5. The zero-order valence-corrected chi connectivity index (χ0v) is 15.7. The highest BCUT2D eigenvalue weighted by Gasteiger charge is 2.29. The van der Waals surface area contributed by atoms with Crippen molar-refractivity contribution in [3.63, 3.8) is 0 Å². The highest BCUT2D eigenvalue weighted by atomic mass is 79.9. The zero-order chi connectivity index (χ0) is 18.8. The molecule has 0 aliphatic rings. The second-order valence-corrected chi connectivity index (χ2v) is 8.10. The molecule has 0 bridgehead atoms. The van der Waals surface area contributed by atoms with E-state index in [4.69, 9.17) is 0 Å². The normalized spacial score (nSPS) is 12.5. The molecule has 1 atom stereocenters. The minimum Gasteiger partial charge on any atom is -0.324 e. The molecule has 0 heterocycles. The van der Waals surface area contributed by atoms with Gasteiger partial charge < -0.3 is 5.32 Å². The number of nitrogens with zero attached hydrogens (tertiary/aromatic N) is 1. The van der Waals surface area contributed by atoms with Gasteiger partial charge in [-0.3, -0.25) is 9.10 Å². The van der Waals surface area contributed by atoms with E-state index in [1.165, 1.54) is 6.92 Å². The molecule has 0 aliphatic carbocycles. The molecule has 0 fully saturated rings. The molecule has 9 heteroatoms. The van der Waals surface area contributed by atoms with E-state index in [-0.39, 0.29) is 5.69 Å². The summed E-state index contributed by atoms with van der Waals surface area (Å²) in [5, 5.41) is 2.58. The smallest absolute Gasteiger partial charge is 0.247 e. The topological polar surface area (TPSA) is 66.5 Å². The number of carbonyl (C=O) groups excluding carboxylic acids is 1. The first-order valence-electron chi connectivity index (χ1n) is 7.10. The Morgan fingerprint density at radius 2 is 1.72 bits per heavy atom. The van der Waals surface area contributed by atoms with E-state index in [0.29, 0.717) is 5.69 Å². The quantitative estimate of drug-likeness (QED) is 0.785. The van der Waals surface area contributed by atoms with E-state index in [2.05, 4.69) is 21.2 Å². The van der Waals surface area contributed by atoms with E-state index in [9.17, 15) is 22.0 Å². The molecule has 5 nitrogen and oxygen atoms in total. The molecular formula is C16H15BrF2N2O3S. The van der Waals surface area contributed by atoms with Gasteiger partial charge in [0.15, 0.2) is 11.6 Å². The van der Waals surface area contributed by atoms with Crippen LogP contribution in [0, 0.1) is 11.6 Å². The summed E-state index contributed by atoms with van der Waals surface area (Å²) in [5.74, 6) is -2.92. The highest BCUT2D eigenvalue weighted by Crippen LogP contribution is 2.24. The molecule has 0 radical (unpaired) electrons. The Morgan fingerprint density at radius 3 is 2.24 bits per heavy atom. The molecule has 1 amide bonds. The SMILES string of the molecule is CC(C(=O)Nc1ccc(Br)cc1)N(c1ccc(F)c(F)c1)S(C)(=O)=O. The lowest BCUT2D eigenvalue weighted by molar-refractivity contribution is -0.116. The van der Waals surface area contributed by atoms with E-state index >= 15 is 0 Å². The van der Waals surface area contributed by atoms with Crippen molar-refractivity contribution in [2.75, 3.05) is 15.9 Å². The van der Waals surface area contributed by atoms with Crippen molar-refractivity contribution < 1.29 is 22.0 Å². The summed E-state index contributed by atoms with van der Waals surface area (Å²) in [4.78, 5) is 12.4. The highest BCUT2D eigenvalue weighted by molar-refractivity contribution is 9.10. The average molecular weight is 433 g/mol. The van der Waals surface area contributed by atoms with Crippen LogP contribution in [0.3, 0.4) is 0 Å². The van der Waals surface area contributed by atoms with E-state index in [0.717, 1.165) is 33.2 Å². The Bertz CT molecular complexity index is 889. The first-order chi connectivity index (χ1) is 11.6. The summed E-state index contributed by atoms with van der Waals surface area (Å²) in [6.07, 6.45) is 0.887. The van der Waals surface area contributed by atoms with Crippen LogP contribution in [-0.2, 0) is 14.8 Å². The summed E-state index contributed by atoms with van der Waals surface area (Å²) in [6.45, 7) is 1.36. The van der Waals surface area contributed by atoms with Crippen molar-refractivity contribution >= 4 is 43.2 Å². The molecule has 0 aliphatic heterocycles. The Kier molecular flexibility index (Phi) is 5.79. The van der Waals surface area contributed by atoms with Crippen LogP contribution in [0.1, 0.15) is 6.92 Å². The maximum absolute atomic E-state index is 13.5. The number of hydrogen-bond donors (Lipinski definition) is 1. The molecule has 0 spiro atoms. The molecule has 0 saturated carbocycles. The Labute approximate surface area is 152 Å². The largest absolute Gasteiger partial charge is 0.324 e. The summed E-state index contributed by atoms with van der Waals surface area (Å²) in [5.41, 5.74) is 0.332. The summed E-state index contributed by atoms with van der Waals surface area (Å²) in [7, 11) is -3.91. The van der Waals surface area contributed by atoms with Crippen molar-refractivity contribution in [1.29, 1.82) is 0 Å². The number of carbonyl (C=O) groups is 1. The van der Waals surface area contributed by atoms with Crippen LogP contribution in [0.15, 0.2) is 46.9 Å². The van der Waals surface area contributed by atoms with Crippen LogP contribution in [0.4, 0.5) is 20.2 Å². The standard InChI is InChI=1S/C16H15BrF2N2O3S/c1-10(16(22)20-12-5-3-11(17)4-6-12)21(25(2,23)24)13-7-8-14(18)15(19)9-13/h3-10H,1-2H3,(H,20,22). The van der Waals surface area contributed by atoms with E-state index in [1.54, 1.807) is 24.3 Å². The predicted molar refractivity (Wildman–Crippen MR) is 95.9 cm³/mol. The number of nitrogens with one attached hydrogen (secondary N) is 1. The zero-order valence-electron chi connectivity index (χ0n) is 13.3. The Balaban J connectivity index is 2.32. The van der Waals surface area contributed by atoms with Gasteiger partial charge >= 0.3 is 0 Å². The number of halogens is 3. The predicted octanol–water partition coefficient (Wildman–Crippen LogP) is 3.52. The molecule has 25 heavy (non-hydrogen) atoms. The van der Waals surface area contributed by atoms with Crippen LogP contribution >= 0.6 is 15.9 Å². The molecular weight excluding hydrogens is 418 g/mol. The summed E-state index contributed by atoms with van der Waals surface area (Å²) < 4.78 is 52.3. The van der Waals surface area contributed by atoms with Crippen LogP contribution < -0.4 is 9.62 Å². The van der Waals surface area contributed by atoms with Gasteiger partial charge in [-0.1, -0.05) is 15.9 Å². The minimum atomic E-state index is -3.91. The first-order valence-corrected chi connectivity index (χ1v) is 9.74. The van der Waals surface area contributed by atoms with E-state index < -0.39 is 33.6 Å². The molecule has 0 saturated heterocycles. The van der Waals surface area contributed by atoms with Gasteiger partial charge in [0.2, 0.25) is 15.9 Å². The van der Waals surface area contributed by atoms with Gasteiger partial charge in [0.1, 0.15) is 6.04 Å². The third kappa shape index (κ3) is 4.76. The fourth-order valence-corrected chi connectivity index (χ4v) is 3.64. The lowest BCUT2D eigenvalue weighted by Gasteiger charge is -2.28. The van der Waals surface area contributed by atoms with Crippen LogP contribution in [0.25, 0.3) is 0 Å². The third-order valence-electron chi connectivity index (χ3n) is 3.36. The number of anilines is 2. The fourth-order valence-electron chi connectivity index (χ4n) is 2.21. The molecule has 1 N–H and O–H groups in total. The monoisotopic (exact) mass is 432 g/mol. The third-order valence-corrected chi connectivity index (χ3v) is 5.13. The van der Waals surface area contributed by atoms with Gasteiger partial charge in [-0.2, -0.15) is 0 Å². The van der Waals surface area contributed by atoms with E-state index in [1.807, 2.05) is 0 Å². The number of benzene rings is 2. The molecule has 0 aromatic heterocycles.